The lowest BCUT2D eigenvalue weighted by Gasteiger charge is -2.37. The summed E-state index contributed by atoms with van der Waals surface area (Å²) in [7, 11) is 0. The van der Waals surface area contributed by atoms with E-state index in [1.165, 1.54) is 22.3 Å². The number of nitrogens with zero attached hydrogens (tertiary/aromatic N) is 4. The molecule has 10 aromatic rings. The number of fused-ring (bicyclic) bond motifs is 6. The molecule has 4 aromatic carbocycles. The topological polar surface area (TPSA) is 77.8 Å². The van der Waals surface area contributed by atoms with Crippen LogP contribution < -0.4 is 0 Å². The molecule has 0 fully saturated rings. The molecular weight excluding hydrogens is 725 g/mol. The van der Waals surface area contributed by atoms with Crippen molar-refractivity contribution in [2.45, 2.75) is 59.8 Å². The third-order valence-electron chi connectivity index (χ3n) is 12.2. The maximum atomic E-state index is 6.37. The lowest BCUT2D eigenvalue weighted by molar-refractivity contribution is 0.480. The van der Waals surface area contributed by atoms with Crippen LogP contribution in [0.2, 0.25) is 0 Å². The van der Waals surface area contributed by atoms with E-state index in [9.17, 15) is 0 Å². The van der Waals surface area contributed by atoms with Gasteiger partial charge in [0.15, 0.2) is 0 Å². The summed E-state index contributed by atoms with van der Waals surface area (Å²) < 4.78 is 12.7. The van der Waals surface area contributed by atoms with Gasteiger partial charge in [-0.1, -0.05) is 97.8 Å². The number of para-hydroxylation sites is 2. The summed E-state index contributed by atoms with van der Waals surface area (Å²) in [4.78, 5) is 19.6. The van der Waals surface area contributed by atoms with Gasteiger partial charge in [-0.25, -0.2) is 9.97 Å². The van der Waals surface area contributed by atoms with Crippen molar-refractivity contribution >= 4 is 44.1 Å². The van der Waals surface area contributed by atoms with E-state index < -0.39 is 0 Å². The fourth-order valence-corrected chi connectivity index (χ4v) is 9.33. The Balaban J connectivity index is 1.12. The number of aryl methyl sites for hydroxylation is 4. The molecule has 10 rings (SSSR count). The van der Waals surface area contributed by atoms with Crippen molar-refractivity contribution < 1.29 is 8.83 Å². The van der Waals surface area contributed by atoms with Gasteiger partial charge in [-0.3, -0.25) is 9.97 Å². The second kappa shape index (κ2) is 14.2. The van der Waals surface area contributed by atoms with Crippen molar-refractivity contribution in [3.8, 4) is 44.8 Å². The van der Waals surface area contributed by atoms with Crippen molar-refractivity contribution in [2.75, 3.05) is 0 Å². The van der Waals surface area contributed by atoms with Gasteiger partial charge in [0.2, 0.25) is 11.4 Å². The monoisotopic (exact) mass is 768 g/mol. The van der Waals surface area contributed by atoms with E-state index in [-0.39, 0.29) is 5.41 Å². The zero-order valence-corrected chi connectivity index (χ0v) is 34.2. The molecule has 0 aliphatic rings. The molecular formula is C53H44N4O2. The molecule has 0 saturated heterocycles. The number of furan rings is 2. The predicted octanol–water partition coefficient (Wildman–Crippen LogP) is 14.1. The first kappa shape index (κ1) is 36.4. The number of hydrogen-bond acceptors (Lipinski definition) is 6. The van der Waals surface area contributed by atoms with Crippen molar-refractivity contribution in [2.24, 2.45) is 0 Å². The first-order valence-corrected chi connectivity index (χ1v) is 20.5. The van der Waals surface area contributed by atoms with Gasteiger partial charge >= 0.3 is 0 Å². The standard InChI is InChI=1S/C53H44N4O2/c1-7-53(8-2,37-27-31(3)26-32(4)28-37)48-38(35-20-24-46(54-29-35)44-16-10-14-40-42-22-18-33(5)56-51(42)58-49(40)44)12-9-13-39(48)36-21-25-47(55-30-36)45-17-11-15-41-43-23-19-34(6)57-52(43)59-50(41)45/h9-30H,7-8H2,1-6H3. The maximum Gasteiger partial charge on any atom is 0.227 e. The Morgan fingerprint density at radius 3 is 1.37 bits per heavy atom. The average Bonchev–Trinajstić information content (AvgIpc) is 3.81. The van der Waals surface area contributed by atoms with Gasteiger partial charge in [-0.2, -0.15) is 0 Å². The Bertz CT molecular complexity index is 3020. The highest BCUT2D eigenvalue weighted by Crippen LogP contribution is 2.49. The van der Waals surface area contributed by atoms with Crippen LogP contribution in [0, 0.1) is 27.7 Å². The van der Waals surface area contributed by atoms with E-state index >= 15 is 0 Å². The minimum atomic E-state index is -0.296. The zero-order chi connectivity index (χ0) is 40.4. The molecule has 6 heterocycles. The molecule has 0 saturated carbocycles. The molecule has 0 unspecified atom stereocenters. The Hall–Kier alpha value is -6.92. The van der Waals surface area contributed by atoms with Crippen molar-refractivity contribution in [1.29, 1.82) is 0 Å². The minimum Gasteiger partial charge on any atom is -0.437 e. The van der Waals surface area contributed by atoms with Gasteiger partial charge in [-0.05, 0) is 111 Å². The molecule has 0 amide bonds. The molecule has 59 heavy (non-hydrogen) atoms. The molecule has 0 atom stereocenters. The second-order valence-electron chi connectivity index (χ2n) is 15.9. The van der Waals surface area contributed by atoms with Crippen LogP contribution in [0.5, 0.6) is 0 Å². The number of rotatable bonds is 8. The van der Waals surface area contributed by atoms with E-state index in [2.05, 4.69) is 147 Å². The third kappa shape index (κ3) is 6.01. The molecule has 0 aliphatic carbocycles. The molecule has 0 aliphatic heterocycles. The van der Waals surface area contributed by atoms with Crippen molar-refractivity contribution in [1.82, 2.24) is 19.9 Å². The van der Waals surface area contributed by atoms with Gasteiger partial charge in [0.25, 0.3) is 0 Å². The van der Waals surface area contributed by atoms with Gasteiger partial charge in [-0.15, -0.1) is 0 Å². The molecule has 0 spiro atoms. The highest BCUT2D eigenvalue weighted by Gasteiger charge is 2.36. The Morgan fingerprint density at radius 2 is 0.932 bits per heavy atom. The smallest absolute Gasteiger partial charge is 0.227 e. The van der Waals surface area contributed by atoms with Crippen LogP contribution in [0.25, 0.3) is 88.9 Å². The van der Waals surface area contributed by atoms with Crippen LogP contribution in [-0.2, 0) is 5.41 Å². The maximum absolute atomic E-state index is 6.37. The van der Waals surface area contributed by atoms with Crippen molar-refractivity contribution in [3.05, 3.63) is 167 Å². The van der Waals surface area contributed by atoms with Crippen LogP contribution >= 0.6 is 0 Å². The average molecular weight is 769 g/mol. The van der Waals surface area contributed by atoms with Crippen LogP contribution in [0.1, 0.15) is 60.3 Å². The highest BCUT2D eigenvalue weighted by atomic mass is 16.3. The van der Waals surface area contributed by atoms with E-state index in [0.717, 1.165) is 102 Å². The molecule has 0 radical (unpaired) electrons. The van der Waals surface area contributed by atoms with Crippen LogP contribution in [0.15, 0.2) is 143 Å². The first-order valence-electron chi connectivity index (χ1n) is 20.5. The number of pyridine rings is 4. The van der Waals surface area contributed by atoms with E-state index in [0.29, 0.717) is 11.4 Å². The highest BCUT2D eigenvalue weighted by molar-refractivity contribution is 6.09. The Kier molecular flexibility index (Phi) is 8.75. The number of hydrogen-bond donors (Lipinski definition) is 0. The molecule has 0 N–H and O–H groups in total. The predicted molar refractivity (Wildman–Crippen MR) is 241 cm³/mol. The summed E-state index contributed by atoms with van der Waals surface area (Å²) in [5, 5.41) is 4.09. The summed E-state index contributed by atoms with van der Waals surface area (Å²) in [5.41, 5.74) is 17.6. The minimum absolute atomic E-state index is 0.296. The summed E-state index contributed by atoms with van der Waals surface area (Å²) >= 11 is 0. The Labute approximate surface area is 343 Å². The fourth-order valence-electron chi connectivity index (χ4n) is 9.33. The lowest BCUT2D eigenvalue weighted by atomic mass is 9.66. The summed E-state index contributed by atoms with van der Waals surface area (Å²) in [6.45, 7) is 13.0. The molecule has 288 valence electrons. The lowest BCUT2D eigenvalue weighted by Crippen LogP contribution is -2.28. The van der Waals surface area contributed by atoms with Gasteiger partial charge in [0.05, 0.1) is 11.4 Å². The third-order valence-corrected chi connectivity index (χ3v) is 12.2. The zero-order valence-electron chi connectivity index (χ0n) is 34.2. The number of benzene rings is 4. The fraction of sp³-hybridized carbons (Fsp3) is 0.170. The quantitative estimate of drug-likeness (QED) is 0.153. The molecule has 6 aromatic heterocycles. The summed E-state index contributed by atoms with van der Waals surface area (Å²) in [5.74, 6) is 0. The Morgan fingerprint density at radius 1 is 0.475 bits per heavy atom. The van der Waals surface area contributed by atoms with Gasteiger partial charge in [0.1, 0.15) is 11.2 Å². The van der Waals surface area contributed by atoms with E-state index in [1.807, 2.05) is 38.4 Å². The van der Waals surface area contributed by atoms with E-state index in [1.54, 1.807) is 0 Å². The van der Waals surface area contributed by atoms with Crippen LogP contribution in [-0.4, -0.2) is 19.9 Å². The van der Waals surface area contributed by atoms with Gasteiger partial charge in [0, 0.05) is 73.0 Å². The number of aromatic nitrogens is 4. The molecule has 6 nitrogen and oxygen atoms in total. The molecule has 0 bridgehead atoms. The van der Waals surface area contributed by atoms with Crippen LogP contribution in [0.4, 0.5) is 0 Å². The first-order chi connectivity index (χ1) is 28.7. The molecule has 6 heteroatoms. The van der Waals surface area contributed by atoms with Crippen LogP contribution in [0.3, 0.4) is 0 Å². The normalized spacial score (nSPS) is 12.0. The van der Waals surface area contributed by atoms with E-state index in [4.69, 9.17) is 18.8 Å². The van der Waals surface area contributed by atoms with Gasteiger partial charge < -0.3 is 8.83 Å². The SMILES string of the molecule is CCC(CC)(c1cc(C)cc(C)c1)c1c(-c2ccc(-c3cccc4c3oc3nc(C)ccc34)nc2)cccc1-c1ccc(-c2cccc3c2oc2nc(C)ccc23)nc1. The summed E-state index contributed by atoms with van der Waals surface area (Å²) in [6, 6.07) is 43.0. The largest absolute Gasteiger partial charge is 0.437 e. The summed E-state index contributed by atoms with van der Waals surface area (Å²) in [6.07, 6.45) is 5.86. The van der Waals surface area contributed by atoms with Crippen molar-refractivity contribution in [3.63, 3.8) is 0 Å². The second-order valence-corrected chi connectivity index (χ2v) is 15.9.